The average Bonchev–Trinajstić information content (AvgIpc) is 1.84. The fourth-order valence-corrected chi connectivity index (χ4v) is 0.749. The van der Waals surface area contributed by atoms with E-state index in [1.807, 2.05) is 0 Å². The molecule has 1 unspecified atom stereocenters. The van der Waals surface area contributed by atoms with Gasteiger partial charge in [-0.15, -0.1) is 6.58 Å². The molecular formula is C7H16N2O. The van der Waals surface area contributed by atoms with Crippen molar-refractivity contribution in [1.29, 1.82) is 0 Å². The highest BCUT2D eigenvalue weighted by Crippen LogP contribution is 1.99. The molecule has 10 heavy (non-hydrogen) atoms. The van der Waals surface area contributed by atoms with E-state index in [0.29, 0.717) is 19.6 Å². The molecule has 0 radical (unpaired) electrons. The van der Waals surface area contributed by atoms with Gasteiger partial charge >= 0.3 is 0 Å². The molecule has 0 heterocycles. The van der Waals surface area contributed by atoms with Gasteiger partial charge in [0.05, 0.1) is 20.1 Å². The highest BCUT2D eigenvalue weighted by atomic mass is 16.5. The number of rotatable bonds is 5. The standard InChI is InChI=1S/C7H16N2O/c1-3-4-6-9(2,10)7-5-8/h3H,1,4-8H2,2H3. The van der Waals surface area contributed by atoms with Crippen LogP contribution in [0.5, 0.6) is 0 Å². The SMILES string of the molecule is C=CCC[N+](C)([O-])CCN. The van der Waals surface area contributed by atoms with Gasteiger partial charge in [0.1, 0.15) is 0 Å². The van der Waals surface area contributed by atoms with E-state index in [2.05, 4.69) is 6.58 Å². The van der Waals surface area contributed by atoms with Crippen LogP contribution in [-0.2, 0) is 0 Å². The molecule has 0 aliphatic rings. The van der Waals surface area contributed by atoms with Gasteiger partial charge in [-0.3, -0.25) is 0 Å². The maximum absolute atomic E-state index is 11.3. The zero-order valence-electron chi connectivity index (χ0n) is 6.55. The molecule has 3 heteroatoms. The van der Waals surface area contributed by atoms with Gasteiger partial charge in [-0.05, 0) is 0 Å². The second-order valence-electron chi connectivity index (χ2n) is 2.61. The van der Waals surface area contributed by atoms with Crippen LogP contribution in [0.15, 0.2) is 12.7 Å². The second-order valence-corrected chi connectivity index (χ2v) is 2.61. The fraction of sp³-hybridized carbons (Fsp3) is 0.714. The molecular weight excluding hydrogens is 128 g/mol. The van der Waals surface area contributed by atoms with Crippen LogP contribution >= 0.6 is 0 Å². The summed E-state index contributed by atoms with van der Waals surface area (Å²) in [5.74, 6) is 0. The highest BCUT2D eigenvalue weighted by Gasteiger charge is 2.05. The number of hydrogen-bond acceptors (Lipinski definition) is 2. The Balaban J connectivity index is 3.51. The lowest BCUT2D eigenvalue weighted by Crippen LogP contribution is -2.42. The van der Waals surface area contributed by atoms with Gasteiger partial charge in [-0.2, -0.15) is 0 Å². The smallest absolute Gasteiger partial charge is 0.0906 e. The van der Waals surface area contributed by atoms with Gasteiger partial charge in [-0.1, -0.05) is 6.08 Å². The van der Waals surface area contributed by atoms with Crippen LogP contribution in [-0.4, -0.2) is 31.3 Å². The average molecular weight is 144 g/mol. The third kappa shape index (κ3) is 4.49. The summed E-state index contributed by atoms with van der Waals surface area (Å²) in [4.78, 5) is 0. The molecule has 1 atom stereocenters. The predicted octanol–water partition coefficient (Wildman–Crippen LogP) is 0.466. The van der Waals surface area contributed by atoms with Crippen molar-refractivity contribution in [2.45, 2.75) is 6.42 Å². The monoisotopic (exact) mass is 144 g/mol. The first-order valence-corrected chi connectivity index (χ1v) is 3.49. The van der Waals surface area contributed by atoms with E-state index in [1.165, 1.54) is 0 Å². The molecule has 2 N–H and O–H groups in total. The molecule has 0 saturated carbocycles. The molecule has 0 aliphatic heterocycles. The van der Waals surface area contributed by atoms with E-state index >= 15 is 0 Å². The fourth-order valence-electron chi connectivity index (χ4n) is 0.749. The van der Waals surface area contributed by atoms with Gasteiger partial charge < -0.3 is 15.6 Å². The number of likely N-dealkylation sites (N-methyl/N-ethyl adjacent to an activating group) is 1. The van der Waals surface area contributed by atoms with Crippen molar-refractivity contribution in [3.63, 3.8) is 0 Å². The lowest BCUT2D eigenvalue weighted by Gasteiger charge is -2.37. The summed E-state index contributed by atoms with van der Waals surface area (Å²) < 4.78 is -0.248. The van der Waals surface area contributed by atoms with Crippen molar-refractivity contribution in [3.05, 3.63) is 17.9 Å². The molecule has 3 nitrogen and oxygen atoms in total. The normalized spacial score (nSPS) is 16.3. The van der Waals surface area contributed by atoms with Crippen LogP contribution in [0, 0.1) is 5.21 Å². The molecule has 0 bridgehead atoms. The van der Waals surface area contributed by atoms with Crippen molar-refractivity contribution in [1.82, 2.24) is 0 Å². The molecule has 0 aromatic heterocycles. The summed E-state index contributed by atoms with van der Waals surface area (Å²) >= 11 is 0. The molecule has 60 valence electrons. The van der Waals surface area contributed by atoms with E-state index in [0.717, 1.165) is 6.42 Å². The second kappa shape index (κ2) is 4.44. The predicted molar refractivity (Wildman–Crippen MR) is 43.2 cm³/mol. The third-order valence-corrected chi connectivity index (χ3v) is 1.41. The minimum absolute atomic E-state index is 0.248. The Morgan fingerprint density at radius 3 is 2.60 bits per heavy atom. The molecule has 0 aliphatic carbocycles. The van der Waals surface area contributed by atoms with Crippen LogP contribution < -0.4 is 5.73 Å². The summed E-state index contributed by atoms with van der Waals surface area (Å²) in [6.07, 6.45) is 2.52. The van der Waals surface area contributed by atoms with E-state index in [1.54, 1.807) is 13.1 Å². The Morgan fingerprint density at radius 2 is 2.20 bits per heavy atom. The van der Waals surface area contributed by atoms with Crippen molar-refractivity contribution in [2.24, 2.45) is 5.73 Å². The Labute approximate surface area is 62.3 Å². The summed E-state index contributed by atoms with van der Waals surface area (Å²) in [7, 11) is 1.64. The highest BCUT2D eigenvalue weighted by molar-refractivity contribution is 4.65. The van der Waals surface area contributed by atoms with Crippen LogP contribution in [0.4, 0.5) is 0 Å². The van der Waals surface area contributed by atoms with Gasteiger partial charge in [0.15, 0.2) is 0 Å². The van der Waals surface area contributed by atoms with Gasteiger partial charge in [-0.25, -0.2) is 0 Å². The number of nitrogens with two attached hydrogens (primary N) is 1. The molecule has 0 rings (SSSR count). The summed E-state index contributed by atoms with van der Waals surface area (Å²) in [6.45, 7) is 5.08. The van der Waals surface area contributed by atoms with Crippen LogP contribution in [0.3, 0.4) is 0 Å². The van der Waals surface area contributed by atoms with Gasteiger partial charge in [0.25, 0.3) is 0 Å². The molecule has 0 spiro atoms. The molecule has 0 fully saturated rings. The lowest BCUT2D eigenvalue weighted by molar-refractivity contribution is -0.858. The number of hydrogen-bond donors (Lipinski definition) is 1. The molecule has 0 amide bonds. The van der Waals surface area contributed by atoms with Gasteiger partial charge in [0, 0.05) is 13.0 Å². The Bertz CT molecular complexity index is 102. The third-order valence-electron chi connectivity index (χ3n) is 1.41. The number of nitrogens with zero attached hydrogens (tertiary/aromatic N) is 1. The minimum Gasteiger partial charge on any atom is -0.633 e. The lowest BCUT2D eigenvalue weighted by atomic mass is 10.4. The van der Waals surface area contributed by atoms with Gasteiger partial charge in [0.2, 0.25) is 0 Å². The van der Waals surface area contributed by atoms with E-state index in [9.17, 15) is 5.21 Å². The number of quaternary nitrogens is 1. The van der Waals surface area contributed by atoms with Crippen LogP contribution in [0.25, 0.3) is 0 Å². The maximum Gasteiger partial charge on any atom is 0.0906 e. The molecule has 0 aromatic carbocycles. The van der Waals surface area contributed by atoms with Crippen LogP contribution in [0.2, 0.25) is 0 Å². The number of hydroxylamine groups is 3. The zero-order valence-corrected chi connectivity index (χ0v) is 6.55. The Hall–Kier alpha value is -0.380. The first-order chi connectivity index (χ1) is 4.62. The maximum atomic E-state index is 11.3. The van der Waals surface area contributed by atoms with Crippen LogP contribution in [0.1, 0.15) is 6.42 Å². The van der Waals surface area contributed by atoms with Crippen molar-refractivity contribution in [2.75, 3.05) is 26.7 Å². The first-order valence-electron chi connectivity index (χ1n) is 3.49. The molecule has 0 saturated heterocycles. The van der Waals surface area contributed by atoms with E-state index in [4.69, 9.17) is 5.73 Å². The summed E-state index contributed by atoms with van der Waals surface area (Å²) in [5, 5.41) is 11.3. The van der Waals surface area contributed by atoms with E-state index < -0.39 is 0 Å². The van der Waals surface area contributed by atoms with E-state index in [-0.39, 0.29) is 4.65 Å². The zero-order chi connectivity index (χ0) is 8.04. The van der Waals surface area contributed by atoms with Crippen molar-refractivity contribution < 1.29 is 4.65 Å². The Kier molecular flexibility index (Phi) is 4.27. The van der Waals surface area contributed by atoms with Crippen molar-refractivity contribution >= 4 is 0 Å². The quantitative estimate of drug-likeness (QED) is 0.346. The van der Waals surface area contributed by atoms with Crippen molar-refractivity contribution in [3.8, 4) is 0 Å². The largest absolute Gasteiger partial charge is 0.633 e. The summed E-state index contributed by atoms with van der Waals surface area (Å²) in [5.41, 5.74) is 5.24. The summed E-state index contributed by atoms with van der Waals surface area (Å²) in [6, 6.07) is 0. The minimum atomic E-state index is -0.248. The topological polar surface area (TPSA) is 49.1 Å². The first kappa shape index (κ1) is 9.62. The molecule has 0 aromatic rings. The Morgan fingerprint density at radius 1 is 1.60 bits per heavy atom.